The number of benzene rings is 1. The quantitative estimate of drug-likeness (QED) is 0.760. The van der Waals surface area contributed by atoms with Crippen molar-refractivity contribution in [2.75, 3.05) is 0 Å². The minimum atomic E-state index is -1.80. The van der Waals surface area contributed by atoms with E-state index < -0.39 is 12.9 Å². The van der Waals surface area contributed by atoms with E-state index in [0.717, 1.165) is 0 Å². The third-order valence-electron chi connectivity index (χ3n) is 1.30. The lowest BCUT2D eigenvalue weighted by Crippen LogP contribution is -2.33. The van der Waals surface area contributed by atoms with Gasteiger partial charge < -0.3 is 10.0 Å². The van der Waals surface area contributed by atoms with Gasteiger partial charge in [-0.1, -0.05) is 31.9 Å². The predicted octanol–water partition coefficient (Wildman–Crippen LogP) is 1.03. The summed E-state index contributed by atoms with van der Waals surface area (Å²) in [7, 11) is -1.80. The first kappa shape index (κ1) is 10.2. The fourth-order valence-corrected chi connectivity index (χ4v) is 2.18. The Labute approximate surface area is 85.8 Å². The zero-order valence-electron chi connectivity index (χ0n) is 5.76. The van der Waals surface area contributed by atoms with E-state index in [2.05, 4.69) is 31.9 Å². The molecule has 0 aliphatic heterocycles. The maximum absolute atomic E-state index is 13.0. The molecule has 0 aliphatic carbocycles. The zero-order valence-corrected chi connectivity index (χ0v) is 8.93. The van der Waals surface area contributed by atoms with E-state index in [1.54, 1.807) is 0 Å². The maximum Gasteiger partial charge on any atom is 0.492 e. The molecule has 0 amide bonds. The monoisotopic (exact) mass is 296 g/mol. The highest BCUT2D eigenvalue weighted by molar-refractivity contribution is 9.11. The lowest BCUT2D eigenvalue weighted by molar-refractivity contribution is 0.422. The molecular weight excluding hydrogens is 294 g/mol. The van der Waals surface area contributed by atoms with Crippen LogP contribution in [0.5, 0.6) is 0 Å². The van der Waals surface area contributed by atoms with Gasteiger partial charge in [0.05, 0.1) is 0 Å². The highest BCUT2D eigenvalue weighted by atomic mass is 79.9. The van der Waals surface area contributed by atoms with Gasteiger partial charge in [0, 0.05) is 14.4 Å². The molecule has 0 saturated heterocycles. The normalized spacial score (nSPS) is 10.1. The SMILES string of the molecule is OB(O)c1c(F)cc(Br)cc1Br. The molecule has 0 spiro atoms. The minimum Gasteiger partial charge on any atom is -0.423 e. The van der Waals surface area contributed by atoms with Crippen molar-refractivity contribution in [2.24, 2.45) is 0 Å². The van der Waals surface area contributed by atoms with Crippen LogP contribution in [0.25, 0.3) is 0 Å². The topological polar surface area (TPSA) is 40.5 Å². The molecule has 1 aromatic carbocycles. The Morgan fingerprint density at radius 1 is 1.25 bits per heavy atom. The molecule has 6 heteroatoms. The molecular formula is C6H4BBr2FO2. The standard InChI is InChI=1S/C6H4BBr2FO2/c8-3-1-4(9)6(7(11)12)5(10)2-3/h1-2,11-12H. The molecule has 0 unspecified atom stereocenters. The average Bonchev–Trinajstić information content (AvgIpc) is 1.82. The second-order valence-electron chi connectivity index (χ2n) is 2.16. The first-order chi connectivity index (χ1) is 5.52. The summed E-state index contributed by atoms with van der Waals surface area (Å²) in [5.41, 5.74) is -0.154. The third-order valence-corrected chi connectivity index (χ3v) is 2.42. The maximum atomic E-state index is 13.0. The molecule has 2 nitrogen and oxygen atoms in total. The first-order valence-corrected chi connectivity index (χ1v) is 4.61. The lowest BCUT2D eigenvalue weighted by atomic mass is 9.80. The van der Waals surface area contributed by atoms with Crippen molar-refractivity contribution < 1.29 is 14.4 Å². The van der Waals surface area contributed by atoms with Crippen molar-refractivity contribution in [3.63, 3.8) is 0 Å². The van der Waals surface area contributed by atoms with Gasteiger partial charge in [-0.25, -0.2) is 4.39 Å². The lowest BCUT2D eigenvalue weighted by Gasteiger charge is -2.04. The molecule has 0 aliphatic rings. The van der Waals surface area contributed by atoms with Crippen molar-refractivity contribution in [3.8, 4) is 0 Å². The van der Waals surface area contributed by atoms with Gasteiger partial charge in [-0.05, 0) is 12.1 Å². The third kappa shape index (κ3) is 2.07. The Kier molecular flexibility index (Phi) is 3.28. The van der Waals surface area contributed by atoms with E-state index in [1.807, 2.05) is 0 Å². The Bertz CT molecular complexity index is 283. The molecule has 0 aromatic heterocycles. The summed E-state index contributed by atoms with van der Waals surface area (Å²) < 4.78 is 13.8. The van der Waals surface area contributed by atoms with Crippen molar-refractivity contribution in [1.29, 1.82) is 0 Å². The Morgan fingerprint density at radius 2 is 1.83 bits per heavy atom. The van der Waals surface area contributed by atoms with Gasteiger partial charge in [-0.3, -0.25) is 0 Å². The number of halogens is 3. The summed E-state index contributed by atoms with van der Waals surface area (Å²) in [5.74, 6) is -0.661. The molecule has 1 rings (SSSR count). The van der Waals surface area contributed by atoms with Crippen LogP contribution in [0.15, 0.2) is 21.1 Å². The zero-order chi connectivity index (χ0) is 9.30. The summed E-state index contributed by atoms with van der Waals surface area (Å²) in [5, 5.41) is 17.5. The molecule has 0 fully saturated rings. The second-order valence-corrected chi connectivity index (χ2v) is 3.93. The summed E-state index contributed by atoms with van der Waals surface area (Å²) in [4.78, 5) is 0. The van der Waals surface area contributed by atoms with Crippen LogP contribution in [0.1, 0.15) is 0 Å². The molecule has 0 bridgehead atoms. The van der Waals surface area contributed by atoms with E-state index in [9.17, 15) is 4.39 Å². The number of rotatable bonds is 1. The van der Waals surface area contributed by atoms with Crippen molar-refractivity contribution >= 4 is 44.4 Å². The van der Waals surface area contributed by atoms with E-state index in [4.69, 9.17) is 10.0 Å². The van der Waals surface area contributed by atoms with Crippen LogP contribution in [0.4, 0.5) is 4.39 Å². The average molecular weight is 298 g/mol. The molecule has 0 heterocycles. The van der Waals surface area contributed by atoms with E-state index in [0.29, 0.717) is 8.95 Å². The summed E-state index contributed by atoms with van der Waals surface area (Å²) in [6.07, 6.45) is 0. The van der Waals surface area contributed by atoms with Crippen LogP contribution in [-0.2, 0) is 0 Å². The Morgan fingerprint density at radius 3 is 2.25 bits per heavy atom. The van der Waals surface area contributed by atoms with Gasteiger partial charge in [-0.15, -0.1) is 0 Å². The van der Waals surface area contributed by atoms with E-state index in [-0.39, 0.29) is 5.46 Å². The molecule has 12 heavy (non-hydrogen) atoms. The summed E-state index contributed by atoms with van der Waals surface area (Å²) in [6, 6.07) is 2.71. The van der Waals surface area contributed by atoms with Gasteiger partial charge in [0.2, 0.25) is 0 Å². The van der Waals surface area contributed by atoms with Crippen LogP contribution >= 0.6 is 31.9 Å². The van der Waals surface area contributed by atoms with Crippen LogP contribution in [0.3, 0.4) is 0 Å². The van der Waals surface area contributed by atoms with Crippen LogP contribution < -0.4 is 5.46 Å². The summed E-state index contributed by atoms with van der Waals surface area (Å²) >= 11 is 6.07. The summed E-state index contributed by atoms with van der Waals surface area (Å²) in [6.45, 7) is 0. The Hall–Kier alpha value is 0.0949. The van der Waals surface area contributed by atoms with Gasteiger partial charge in [0.15, 0.2) is 0 Å². The largest absolute Gasteiger partial charge is 0.492 e. The predicted molar refractivity (Wildman–Crippen MR) is 51.6 cm³/mol. The highest BCUT2D eigenvalue weighted by Gasteiger charge is 2.20. The number of hydrogen-bond donors (Lipinski definition) is 2. The molecule has 0 atom stereocenters. The highest BCUT2D eigenvalue weighted by Crippen LogP contribution is 2.17. The van der Waals surface area contributed by atoms with Gasteiger partial charge in [0.1, 0.15) is 5.82 Å². The van der Waals surface area contributed by atoms with Crippen molar-refractivity contribution in [3.05, 3.63) is 26.9 Å². The van der Waals surface area contributed by atoms with Crippen LogP contribution in [-0.4, -0.2) is 17.2 Å². The van der Waals surface area contributed by atoms with Crippen LogP contribution in [0.2, 0.25) is 0 Å². The molecule has 2 N–H and O–H groups in total. The first-order valence-electron chi connectivity index (χ1n) is 3.03. The number of hydrogen-bond acceptors (Lipinski definition) is 2. The minimum absolute atomic E-state index is 0.154. The van der Waals surface area contributed by atoms with Gasteiger partial charge >= 0.3 is 7.12 Å². The second kappa shape index (κ2) is 3.87. The fourth-order valence-electron chi connectivity index (χ4n) is 0.800. The fraction of sp³-hybridized carbons (Fsp3) is 0. The van der Waals surface area contributed by atoms with Gasteiger partial charge in [0.25, 0.3) is 0 Å². The van der Waals surface area contributed by atoms with Crippen molar-refractivity contribution in [2.45, 2.75) is 0 Å². The smallest absolute Gasteiger partial charge is 0.423 e. The van der Waals surface area contributed by atoms with E-state index in [1.165, 1.54) is 12.1 Å². The molecule has 0 radical (unpaired) electrons. The Balaban J connectivity index is 3.28. The van der Waals surface area contributed by atoms with Crippen LogP contribution in [0, 0.1) is 5.82 Å². The molecule has 1 aromatic rings. The molecule has 64 valence electrons. The molecule has 0 saturated carbocycles. The van der Waals surface area contributed by atoms with E-state index >= 15 is 0 Å². The van der Waals surface area contributed by atoms with Crippen molar-refractivity contribution in [1.82, 2.24) is 0 Å². The van der Waals surface area contributed by atoms with Gasteiger partial charge in [-0.2, -0.15) is 0 Å².